The Morgan fingerprint density at radius 2 is 2.07 bits per heavy atom. The number of hydrogen-bond donors (Lipinski definition) is 4. The van der Waals surface area contributed by atoms with Gasteiger partial charge in [0, 0.05) is 18.9 Å². The van der Waals surface area contributed by atoms with E-state index in [-0.39, 0.29) is 35.9 Å². The minimum Gasteiger partial charge on any atom is -0.396 e. The lowest BCUT2D eigenvalue weighted by atomic mass is 10.1. The summed E-state index contributed by atoms with van der Waals surface area (Å²) in [6.07, 6.45) is -1.75. The highest BCUT2D eigenvalue weighted by Gasteiger charge is 2.46. The average Bonchev–Trinajstić information content (AvgIpc) is 2.93. The Kier molecular flexibility index (Phi) is 5.46. The van der Waals surface area contributed by atoms with Crippen LogP contribution in [0.2, 0.25) is 0 Å². The van der Waals surface area contributed by atoms with Gasteiger partial charge in [0.1, 0.15) is 30.0 Å². The maximum atomic E-state index is 11.2. The number of aliphatic hydroxyl groups excluding tert-OH is 3. The molecule has 0 bridgehead atoms. The van der Waals surface area contributed by atoms with Crippen LogP contribution >= 0.6 is 0 Å². The predicted molar refractivity (Wildman–Crippen MR) is 94.1 cm³/mol. The molecule has 4 atom stereocenters. The van der Waals surface area contributed by atoms with E-state index in [9.17, 15) is 20.3 Å². The normalized spacial score (nSPS) is 24.7. The fourth-order valence-corrected chi connectivity index (χ4v) is 3.04. The first-order valence-electron chi connectivity index (χ1n) is 8.16. The lowest BCUT2D eigenvalue weighted by molar-refractivity contribution is -0.383. The second-order valence-corrected chi connectivity index (χ2v) is 5.96. The van der Waals surface area contributed by atoms with Crippen LogP contribution < -0.4 is 10.6 Å². The number of nitro benzene ring substituents is 1. The van der Waals surface area contributed by atoms with Crippen molar-refractivity contribution in [2.45, 2.75) is 31.0 Å². The van der Waals surface area contributed by atoms with E-state index in [1.807, 2.05) is 0 Å². The number of nitrogens with zero attached hydrogens (tertiary/aromatic N) is 4. The van der Waals surface area contributed by atoms with Crippen LogP contribution in [0.1, 0.15) is 6.42 Å². The van der Waals surface area contributed by atoms with Crippen molar-refractivity contribution < 1.29 is 25.0 Å². The molecular formula is C16H19N5O6. The lowest BCUT2D eigenvalue weighted by Crippen LogP contribution is -2.42. The summed E-state index contributed by atoms with van der Waals surface area (Å²) in [6, 6.07) is 5.74. The molecule has 4 unspecified atom stereocenters. The van der Waals surface area contributed by atoms with E-state index in [4.69, 9.17) is 15.6 Å². The lowest BCUT2D eigenvalue weighted by Gasteiger charge is -2.32. The molecule has 1 aromatic heterocycles. The van der Waals surface area contributed by atoms with Crippen molar-refractivity contribution in [3.63, 3.8) is 0 Å². The molecule has 27 heavy (non-hydrogen) atoms. The third-order valence-corrected chi connectivity index (χ3v) is 4.33. The number of aromatic nitrogens is 2. The number of para-hydroxylation sites is 1. The van der Waals surface area contributed by atoms with Crippen molar-refractivity contribution in [3.8, 4) is 0 Å². The summed E-state index contributed by atoms with van der Waals surface area (Å²) in [5, 5.41) is 41.1. The highest BCUT2D eigenvalue weighted by Crippen LogP contribution is 2.40. The van der Waals surface area contributed by atoms with Crippen molar-refractivity contribution in [2.24, 2.45) is 0 Å². The zero-order valence-electron chi connectivity index (χ0n) is 14.1. The van der Waals surface area contributed by atoms with Crippen molar-refractivity contribution in [1.82, 2.24) is 9.97 Å². The van der Waals surface area contributed by atoms with Gasteiger partial charge in [-0.05, 0) is 18.6 Å². The Morgan fingerprint density at radius 1 is 1.30 bits per heavy atom. The van der Waals surface area contributed by atoms with Crippen molar-refractivity contribution in [3.05, 3.63) is 46.9 Å². The minimum atomic E-state index is -1.37. The summed E-state index contributed by atoms with van der Waals surface area (Å²) in [7, 11) is 0. The molecule has 1 aromatic carbocycles. The van der Waals surface area contributed by atoms with Gasteiger partial charge in [-0.3, -0.25) is 15.0 Å². The van der Waals surface area contributed by atoms with E-state index < -0.39 is 29.5 Å². The summed E-state index contributed by atoms with van der Waals surface area (Å²) in [5.74, 6) is 0.262. The molecule has 0 amide bonds. The number of ether oxygens (including phenoxy) is 1. The summed E-state index contributed by atoms with van der Waals surface area (Å²) < 4.78 is 5.73. The van der Waals surface area contributed by atoms with Gasteiger partial charge in [0.05, 0.1) is 16.7 Å². The van der Waals surface area contributed by atoms with Crippen LogP contribution in [0, 0.1) is 10.1 Å². The Morgan fingerprint density at radius 3 is 2.70 bits per heavy atom. The molecule has 0 aliphatic carbocycles. The molecule has 0 radical (unpaired) electrons. The molecular weight excluding hydrogens is 358 g/mol. The monoisotopic (exact) mass is 377 g/mol. The van der Waals surface area contributed by atoms with Gasteiger partial charge in [-0.2, -0.15) is 0 Å². The van der Waals surface area contributed by atoms with Crippen molar-refractivity contribution >= 4 is 22.9 Å². The Labute approximate surface area is 153 Å². The number of anilines is 3. The van der Waals surface area contributed by atoms with Gasteiger partial charge in [0.15, 0.2) is 6.23 Å². The van der Waals surface area contributed by atoms with Gasteiger partial charge in [-0.25, -0.2) is 9.97 Å². The third kappa shape index (κ3) is 3.53. The van der Waals surface area contributed by atoms with Gasteiger partial charge in [-0.15, -0.1) is 0 Å². The van der Waals surface area contributed by atoms with Crippen LogP contribution in [-0.4, -0.2) is 61.4 Å². The van der Waals surface area contributed by atoms with Gasteiger partial charge in [0.25, 0.3) is 5.69 Å². The van der Waals surface area contributed by atoms with Crippen molar-refractivity contribution in [1.29, 1.82) is 0 Å². The summed E-state index contributed by atoms with van der Waals surface area (Å²) >= 11 is 0. The van der Waals surface area contributed by atoms with Crippen LogP contribution in [0.4, 0.5) is 22.9 Å². The quantitative estimate of drug-likeness (QED) is 0.304. The molecule has 11 nitrogen and oxygen atoms in total. The maximum Gasteiger partial charge on any atom is 0.294 e. The largest absolute Gasteiger partial charge is 0.396 e. The number of rotatable bonds is 6. The fraction of sp³-hybridized carbons (Fsp3) is 0.375. The van der Waals surface area contributed by atoms with Crippen molar-refractivity contribution in [2.75, 3.05) is 17.2 Å². The Bertz CT molecular complexity index is 807. The molecule has 1 saturated heterocycles. The summed E-state index contributed by atoms with van der Waals surface area (Å²) in [6.45, 7) is -0.242. The van der Waals surface area contributed by atoms with E-state index in [1.54, 1.807) is 0 Å². The molecule has 1 aliphatic heterocycles. The van der Waals surface area contributed by atoms with Crippen LogP contribution in [0.25, 0.3) is 0 Å². The highest BCUT2D eigenvalue weighted by atomic mass is 16.6. The predicted octanol–water partition coefficient (Wildman–Crippen LogP) is -0.0658. The number of hydrogen-bond acceptors (Lipinski definition) is 10. The van der Waals surface area contributed by atoms with Crippen LogP contribution in [0.5, 0.6) is 0 Å². The smallest absolute Gasteiger partial charge is 0.294 e. The zero-order valence-corrected chi connectivity index (χ0v) is 14.1. The standard InChI is InChI=1S/C16H19N5O6/c17-13-9(2-1-3-10(13)21(25)26)20(12-4-6-18-8-19-12)16-15(24)14(23)11(27-16)5-7-22/h1-4,6,8,11,14-16,22-24H,5,7,17H2. The molecule has 1 fully saturated rings. The van der Waals surface area contributed by atoms with E-state index >= 15 is 0 Å². The summed E-state index contributed by atoms with van der Waals surface area (Å²) in [5.41, 5.74) is 5.73. The number of benzene rings is 1. The second-order valence-electron chi connectivity index (χ2n) is 5.96. The Balaban J connectivity index is 2.09. The molecule has 144 valence electrons. The summed E-state index contributed by atoms with van der Waals surface area (Å²) in [4.78, 5) is 19.9. The first-order chi connectivity index (χ1) is 13.0. The van der Waals surface area contributed by atoms with Gasteiger partial charge in [0.2, 0.25) is 0 Å². The molecule has 1 aliphatic rings. The average molecular weight is 377 g/mol. The maximum absolute atomic E-state index is 11.2. The van der Waals surface area contributed by atoms with E-state index in [0.717, 1.165) is 0 Å². The van der Waals surface area contributed by atoms with Crippen LogP contribution in [0.3, 0.4) is 0 Å². The first-order valence-corrected chi connectivity index (χ1v) is 8.16. The van der Waals surface area contributed by atoms with Gasteiger partial charge < -0.3 is 25.8 Å². The number of nitrogens with two attached hydrogens (primary N) is 1. The number of aliphatic hydroxyl groups is 3. The Hall–Kier alpha value is -2.86. The first kappa shape index (κ1) is 18.9. The van der Waals surface area contributed by atoms with E-state index in [1.165, 1.54) is 41.7 Å². The second kappa shape index (κ2) is 7.80. The van der Waals surface area contributed by atoms with Gasteiger partial charge in [-0.1, -0.05) is 6.07 Å². The SMILES string of the molecule is Nc1c(N(c2ccncn2)C2OC(CCO)C(O)C2O)cccc1[N+](=O)[O-]. The van der Waals surface area contributed by atoms with Crippen LogP contribution in [-0.2, 0) is 4.74 Å². The van der Waals surface area contributed by atoms with E-state index in [2.05, 4.69) is 9.97 Å². The molecule has 3 rings (SSSR count). The molecule has 2 heterocycles. The zero-order chi connectivity index (χ0) is 19.6. The molecule has 0 spiro atoms. The third-order valence-electron chi connectivity index (χ3n) is 4.33. The topological polar surface area (TPSA) is 168 Å². The highest BCUT2D eigenvalue weighted by molar-refractivity contribution is 5.80. The number of nitrogen functional groups attached to an aromatic ring is 1. The minimum absolute atomic E-state index is 0.108. The van der Waals surface area contributed by atoms with E-state index in [0.29, 0.717) is 0 Å². The molecule has 0 saturated carbocycles. The molecule has 2 aromatic rings. The fourth-order valence-electron chi connectivity index (χ4n) is 3.04. The van der Waals surface area contributed by atoms with Gasteiger partial charge >= 0.3 is 0 Å². The number of nitro groups is 1. The molecule has 5 N–H and O–H groups in total. The molecule has 11 heteroatoms. The van der Waals surface area contributed by atoms with Crippen LogP contribution in [0.15, 0.2) is 36.8 Å².